The Balaban J connectivity index is 1.74. The second kappa shape index (κ2) is 12.2. The molecule has 1 N–H and O–H groups in total. The van der Waals surface area contributed by atoms with Gasteiger partial charge in [-0.3, -0.25) is 9.69 Å². The molecule has 31 heavy (non-hydrogen) atoms. The van der Waals surface area contributed by atoms with Crippen molar-refractivity contribution >= 4 is 17.3 Å². The van der Waals surface area contributed by atoms with Gasteiger partial charge in [0, 0.05) is 31.3 Å². The molecule has 1 saturated carbocycles. The Morgan fingerprint density at radius 2 is 1.71 bits per heavy atom. The van der Waals surface area contributed by atoms with Gasteiger partial charge in [0.1, 0.15) is 11.5 Å². The predicted molar refractivity (Wildman–Crippen MR) is 125 cm³/mol. The molecule has 3 rings (SSSR count). The minimum atomic E-state index is -0.0192. The van der Waals surface area contributed by atoms with Gasteiger partial charge in [0.05, 0.1) is 44.3 Å². The number of carbonyl (C=O) groups is 1. The summed E-state index contributed by atoms with van der Waals surface area (Å²) in [5.74, 6) is 1.42. The molecule has 2 aliphatic rings. The van der Waals surface area contributed by atoms with Crippen molar-refractivity contribution in [3.63, 3.8) is 0 Å². The summed E-state index contributed by atoms with van der Waals surface area (Å²) in [4.78, 5) is 17.3. The average molecular weight is 434 g/mol. The molecule has 0 atom stereocenters. The number of benzene rings is 1. The topological polar surface area (TPSA) is 63.3 Å². The Bertz CT molecular complexity index is 698. The number of carbonyl (C=O) groups excluding carboxylic acids is 1. The molecule has 1 aliphatic heterocycles. The van der Waals surface area contributed by atoms with Gasteiger partial charge in [-0.1, -0.05) is 25.7 Å². The third-order valence-corrected chi connectivity index (χ3v) is 6.13. The van der Waals surface area contributed by atoms with Crippen LogP contribution in [0.3, 0.4) is 0 Å². The van der Waals surface area contributed by atoms with Gasteiger partial charge in [-0.25, -0.2) is 0 Å². The zero-order chi connectivity index (χ0) is 22.1. The van der Waals surface area contributed by atoms with Gasteiger partial charge in [-0.05, 0) is 33.7 Å². The maximum Gasteiger partial charge on any atom is 0.238 e. The number of hydrogen-bond donors (Lipinski definition) is 1. The van der Waals surface area contributed by atoms with E-state index < -0.39 is 0 Å². The minimum Gasteiger partial charge on any atom is -0.492 e. The normalized spacial score (nSPS) is 18.0. The quantitative estimate of drug-likeness (QED) is 0.596. The summed E-state index contributed by atoms with van der Waals surface area (Å²) in [5.41, 5.74) is 1.66. The van der Waals surface area contributed by atoms with Crippen LogP contribution in [0.4, 0.5) is 11.4 Å². The van der Waals surface area contributed by atoms with Crippen LogP contribution in [0, 0.1) is 0 Å². The molecule has 174 valence electrons. The molecule has 2 fully saturated rings. The zero-order valence-electron chi connectivity index (χ0n) is 19.5. The van der Waals surface area contributed by atoms with E-state index >= 15 is 0 Å². The van der Waals surface area contributed by atoms with Crippen LogP contribution < -0.4 is 19.7 Å². The molecule has 0 radical (unpaired) electrons. The van der Waals surface area contributed by atoms with E-state index in [1.807, 2.05) is 26.0 Å². The van der Waals surface area contributed by atoms with Crippen molar-refractivity contribution in [2.75, 3.05) is 63.3 Å². The monoisotopic (exact) mass is 433 g/mol. The maximum absolute atomic E-state index is 12.9. The van der Waals surface area contributed by atoms with E-state index in [0.717, 1.165) is 24.5 Å². The van der Waals surface area contributed by atoms with E-state index in [2.05, 4.69) is 22.2 Å². The molecule has 0 bridgehead atoms. The Morgan fingerprint density at radius 1 is 1.06 bits per heavy atom. The average Bonchev–Trinajstić information content (AvgIpc) is 3.06. The molecule has 1 amide bonds. The molecule has 7 nitrogen and oxygen atoms in total. The fourth-order valence-corrected chi connectivity index (χ4v) is 4.49. The molecule has 0 spiro atoms. The first-order chi connectivity index (χ1) is 15.1. The molecular formula is C24H39N3O4. The number of likely N-dealkylation sites (N-methyl/N-ethyl adjacent to an activating group) is 1. The third kappa shape index (κ3) is 6.74. The number of hydrogen-bond acceptors (Lipinski definition) is 6. The summed E-state index contributed by atoms with van der Waals surface area (Å²) >= 11 is 0. The number of rotatable bonds is 9. The lowest BCUT2D eigenvalue weighted by molar-refractivity contribution is -0.117. The summed E-state index contributed by atoms with van der Waals surface area (Å²) in [5, 5.41) is 3.08. The van der Waals surface area contributed by atoms with E-state index in [-0.39, 0.29) is 5.91 Å². The first kappa shape index (κ1) is 23.7. The molecule has 7 heteroatoms. The highest BCUT2D eigenvalue weighted by Gasteiger charge is 2.22. The van der Waals surface area contributed by atoms with Crippen molar-refractivity contribution in [1.82, 2.24) is 4.90 Å². The van der Waals surface area contributed by atoms with Gasteiger partial charge in [0.15, 0.2) is 0 Å². The molecule has 1 aromatic carbocycles. The summed E-state index contributed by atoms with van der Waals surface area (Å²) in [6.07, 6.45) is 7.49. The number of nitrogens with one attached hydrogen (secondary N) is 1. The molecular weight excluding hydrogens is 394 g/mol. The van der Waals surface area contributed by atoms with Crippen LogP contribution in [0.5, 0.6) is 11.5 Å². The lowest BCUT2D eigenvalue weighted by atomic mass is 10.1. The highest BCUT2D eigenvalue weighted by atomic mass is 16.5. The number of ether oxygens (including phenoxy) is 3. The maximum atomic E-state index is 12.9. The number of amides is 1. The first-order valence-electron chi connectivity index (χ1n) is 11.9. The van der Waals surface area contributed by atoms with Crippen LogP contribution in [-0.2, 0) is 9.53 Å². The Morgan fingerprint density at radius 3 is 2.35 bits per heavy atom. The van der Waals surface area contributed by atoms with Crippen molar-refractivity contribution < 1.29 is 19.0 Å². The Hall–Kier alpha value is -1.99. The third-order valence-electron chi connectivity index (χ3n) is 6.13. The van der Waals surface area contributed by atoms with E-state index in [0.29, 0.717) is 50.5 Å². The van der Waals surface area contributed by atoms with Gasteiger partial charge in [-0.15, -0.1) is 0 Å². The molecule has 1 heterocycles. The van der Waals surface area contributed by atoms with E-state index in [9.17, 15) is 4.79 Å². The molecule has 0 unspecified atom stereocenters. The van der Waals surface area contributed by atoms with Gasteiger partial charge in [0.2, 0.25) is 5.91 Å². The number of anilines is 2. The van der Waals surface area contributed by atoms with Crippen LogP contribution >= 0.6 is 0 Å². The van der Waals surface area contributed by atoms with Crippen molar-refractivity contribution in [1.29, 1.82) is 0 Å². The molecule has 1 aliphatic carbocycles. The van der Waals surface area contributed by atoms with Crippen molar-refractivity contribution in [3.8, 4) is 11.5 Å². The predicted octanol–water partition coefficient (Wildman–Crippen LogP) is 3.91. The molecule has 1 aromatic rings. The summed E-state index contributed by atoms with van der Waals surface area (Å²) in [6, 6.07) is 4.38. The fourth-order valence-electron chi connectivity index (χ4n) is 4.49. The van der Waals surface area contributed by atoms with Crippen molar-refractivity contribution in [2.45, 2.75) is 58.4 Å². The Kier molecular flexibility index (Phi) is 9.28. The van der Waals surface area contributed by atoms with Gasteiger partial charge in [0.25, 0.3) is 0 Å². The van der Waals surface area contributed by atoms with Crippen LogP contribution in [-0.4, -0.2) is 70.0 Å². The van der Waals surface area contributed by atoms with Gasteiger partial charge in [-0.2, -0.15) is 0 Å². The SMILES string of the molecule is CCOc1cc(N2CCOCC2)c(OCC)cc1NC(=O)CN(C)C1CCCCCC1. The zero-order valence-corrected chi connectivity index (χ0v) is 19.5. The van der Waals surface area contributed by atoms with Crippen LogP contribution in [0.25, 0.3) is 0 Å². The summed E-state index contributed by atoms with van der Waals surface area (Å²) in [6.45, 7) is 8.40. The lowest BCUT2D eigenvalue weighted by Crippen LogP contribution is -2.38. The largest absolute Gasteiger partial charge is 0.492 e. The van der Waals surface area contributed by atoms with E-state index in [1.54, 1.807) is 0 Å². The van der Waals surface area contributed by atoms with Gasteiger partial charge >= 0.3 is 0 Å². The molecule has 0 aromatic heterocycles. The minimum absolute atomic E-state index is 0.0192. The fraction of sp³-hybridized carbons (Fsp3) is 0.708. The first-order valence-corrected chi connectivity index (χ1v) is 11.9. The van der Waals surface area contributed by atoms with Crippen molar-refractivity contribution in [3.05, 3.63) is 12.1 Å². The van der Waals surface area contributed by atoms with E-state index in [4.69, 9.17) is 14.2 Å². The van der Waals surface area contributed by atoms with Crippen LogP contribution in [0.1, 0.15) is 52.4 Å². The Labute approximate surface area is 187 Å². The van der Waals surface area contributed by atoms with Crippen molar-refractivity contribution in [2.24, 2.45) is 0 Å². The second-order valence-corrected chi connectivity index (χ2v) is 8.39. The van der Waals surface area contributed by atoms with Crippen LogP contribution in [0.2, 0.25) is 0 Å². The molecule has 1 saturated heterocycles. The summed E-state index contributed by atoms with van der Waals surface area (Å²) < 4.78 is 17.3. The second-order valence-electron chi connectivity index (χ2n) is 8.39. The highest BCUT2D eigenvalue weighted by Crippen LogP contribution is 2.39. The summed E-state index contributed by atoms with van der Waals surface area (Å²) in [7, 11) is 2.06. The standard InChI is InChI=1S/C24H39N3O4/c1-4-30-22-17-21(27-12-14-29-15-13-27)23(31-5-2)16-20(22)25-24(28)18-26(3)19-10-8-6-7-9-11-19/h16-17,19H,4-15,18H2,1-3H3,(H,25,28). The smallest absolute Gasteiger partial charge is 0.238 e. The number of morpholine rings is 1. The lowest BCUT2D eigenvalue weighted by Gasteiger charge is -2.31. The van der Waals surface area contributed by atoms with E-state index in [1.165, 1.54) is 38.5 Å². The van der Waals surface area contributed by atoms with Gasteiger partial charge < -0.3 is 24.4 Å². The number of nitrogens with zero attached hydrogens (tertiary/aromatic N) is 2. The highest BCUT2D eigenvalue weighted by molar-refractivity contribution is 5.94. The van der Waals surface area contributed by atoms with Crippen LogP contribution in [0.15, 0.2) is 12.1 Å².